The number of rotatable bonds is 6. The molecule has 148 valence electrons. The second-order valence-electron chi connectivity index (χ2n) is 6.77. The van der Waals surface area contributed by atoms with Crippen LogP contribution < -0.4 is 14.8 Å². The highest BCUT2D eigenvalue weighted by molar-refractivity contribution is 6.04. The minimum Gasteiger partial charge on any atom is -0.493 e. The van der Waals surface area contributed by atoms with Crippen molar-refractivity contribution in [3.05, 3.63) is 53.6 Å². The SMILES string of the molecule is COc1ccc(C(=O)Nc2ccc(C(=O)OC3CCCCC3)cc2)cc1OC. The zero-order valence-electron chi connectivity index (χ0n) is 16.2. The molecule has 1 saturated carbocycles. The van der Waals surface area contributed by atoms with Crippen LogP contribution in [0, 0.1) is 0 Å². The van der Waals surface area contributed by atoms with Gasteiger partial charge in [-0.15, -0.1) is 0 Å². The highest BCUT2D eigenvalue weighted by Crippen LogP contribution is 2.28. The van der Waals surface area contributed by atoms with Crippen LogP contribution in [0.2, 0.25) is 0 Å². The molecule has 1 fully saturated rings. The van der Waals surface area contributed by atoms with E-state index in [4.69, 9.17) is 14.2 Å². The molecule has 0 unspecified atom stereocenters. The second kappa shape index (κ2) is 9.26. The largest absolute Gasteiger partial charge is 0.493 e. The molecular formula is C22H25NO5. The third-order valence-electron chi connectivity index (χ3n) is 4.85. The Balaban J connectivity index is 1.62. The topological polar surface area (TPSA) is 73.9 Å². The zero-order valence-corrected chi connectivity index (χ0v) is 16.2. The van der Waals surface area contributed by atoms with Gasteiger partial charge in [-0.05, 0) is 68.1 Å². The lowest BCUT2D eigenvalue weighted by molar-refractivity contribution is 0.0211. The third kappa shape index (κ3) is 4.82. The highest BCUT2D eigenvalue weighted by Gasteiger charge is 2.19. The number of hydrogen-bond donors (Lipinski definition) is 1. The Kier molecular flexibility index (Phi) is 6.53. The molecule has 0 saturated heterocycles. The number of anilines is 1. The molecule has 3 rings (SSSR count). The van der Waals surface area contributed by atoms with Crippen molar-refractivity contribution >= 4 is 17.6 Å². The number of carbonyl (C=O) groups excluding carboxylic acids is 2. The minimum absolute atomic E-state index is 0.0191. The van der Waals surface area contributed by atoms with Crippen LogP contribution in [0.5, 0.6) is 11.5 Å². The summed E-state index contributed by atoms with van der Waals surface area (Å²) in [4.78, 5) is 24.7. The van der Waals surface area contributed by atoms with Crippen molar-refractivity contribution in [1.29, 1.82) is 0 Å². The zero-order chi connectivity index (χ0) is 19.9. The Morgan fingerprint density at radius 3 is 2.14 bits per heavy atom. The van der Waals surface area contributed by atoms with Crippen LogP contribution in [0.4, 0.5) is 5.69 Å². The van der Waals surface area contributed by atoms with E-state index in [1.807, 2.05) is 0 Å². The van der Waals surface area contributed by atoms with E-state index in [1.54, 1.807) is 49.6 Å². The molecule has 0 aromatic heterocycles. The Bertz CT molecular complexity index is 825. The first kappa shape index (κ1) is 19.7. The van der Waals surface area contributed by atoms with Gasteiger partial charge in [-0.3, -0.25) is 4.79 Å². The van der Waals surface area contributed by atoms with E-state index in [0.717, 1.165) is 25.7 Å². The summed E-state index contributed by atoms with van der Waals surface area (Å²) in [5, 5.41) is 2.81. The maximum atomic E-state index is 12.5. The maximum Gasteiger partial charge on any atom is 0.338 e. The molecule has 28 heavy (non-hydrogen) atoms. The maximum absolute atomic E-state index is 12.5. The van der Waals surface area contributed by atoms with Crippen LogP contribution >= 0.6 is 0 Å². The predicted molar refractivity (Wildman–Crippen MR) is 106 cm³/mol. The van der Waals surface area contributed by atoms with Crippen molar-refractivity contribution in [3.63, 3.8) is 0 Å². The summed E-state index contributed by atoms with van der Waals surface area (Å²) in [6, 6.07) is 11.7. The van der Waals surface area contributed by atoms with E-state index in [1.165, 1.54) is 13.5 Å². The molecule has 0 aliphatic heterocycles. The monoisotopic (exact) mass is 383 g/mol. The van der Waals surface area contributed by atoms with Gasteiger partial charge < -0.3 is 19.5 Å². The van der Waals surface area contributed by atoms with E-state index < -0.39 is 0 Å². The molecule has 0 spiro atoms. The summed E-state index contributed by atoms with van der Waals surface area (Å²) in [6.07, 6.45) is 5.32. The molecule has 2 aromatic rings. The highest BCUT2D eigenvalue weighted by atomic mass is 16.5. The lowest BCUT2D eigenvalue weighted by Gasteiger charge is -2.21. The van der Waals surface area contributed by atoms with Crippen molar-refractivity contribution in [3.8, 4) is 11.5 Å². The molecule has 1 amide bonds. The molecular weight excluding hydrogens is 358 g/mol. The van der Waals surface area contributed by atoms with Crippen molar-refractivity contribution in [2.45, 2.75) is 38.2 Å². The summed E-state index contributed by atoms with van der Waals surface area (Å²) in [6.45, 7) is 0. The second-order valence-corrected chi connectivity index (χ2v) is 6.77. The van der Waals surface area contributed by atoms with Crippen molar-refractivity contribution in [2.24, 2.45) is 0 Å². The van der Waals surface area contributed by atoms with Gasteiger partial charge in [-0.1, -0.05) is 6.42 Å². The summed E-state index contributed by atoms with van der Waals surface area (Å²) >= 11 is 0. The van der Waals surface area contributed by atoms with Gasteiger partial charge in [-0.25, -0.2) is 4.79 Å². The Morgan fingerprint density at radius 1 is 0.857 bits per heavy atom. The first-order chi connectivity index (χ1) is 13.6. The van der Waals surface area contributed by atoms with Gasteiger partial charge in [0.15, 0.2) is 11.5 Å². The van der Waals surface area contributed by atoms with E-state index in [0.29, 0.717) is 28.3 Å². The first-order valence-corrected chi connectivity index (χ1v) is 9.45. The van der Waals surface area contributed by atoms with Crippen LogP contribution in [0.1, 0.15) is 52.8 Å². The smallest absolute Gasteiger partial charge is 0.338 e. The fourth-order valence-electron chi connectivity index (χ4n) is 3.27. The van der Waals surface area contributed by atoms with Crippen molar-refractivity contribution in [1.82, 2.24) is 0 Å². The quantitative estimate of drug-likeness (QED) is 0.746. The van der Waals surface area contributed by atoms with E-state index in [9.17, 15) is 9.59 Å². The van der Waals surface area contributed by atoms with Crippen LogP contribution in [-0.4, -0.2) is 32.2 Å². The van der Waals surface area contributed by atoms with Gasteiger partial charge in [0.05, 0.1) is 19.8 Å². The van der Waals surface area contributed by atoms with E-state index in [-0.39, 0.29) is 18.0 Å². The fourth-order valence-corrected chi connectivity index (χ4v) is 3.27. The lowest BCUT2D eigenvalue weighted by Crippen LogP contribution is -2.21. The molecule has 1 N–H and O–H groups in total. The van der Waals surface area contributed by atoms with Gasteiger partial charge in [0.25, 0.3) is 5.91 Å². The van der Waals surface area contributed by atoms with E-state index >= 15 is 0 Å². The molecule has 0 heterocycles. The average Bonchev–Trinajstić information content (AvgIpc) is 2.74. The minimum atomic E-state index is -0.315. The number of carbonyl (C=O) groups is 2. The van der Waals surface area contributed by atoms with Crippen LogP contribution in [0.15, 0.2) is 42.5 Å². The number of benzene rings is 2. The number of amides is 1. The molecule has 0 radical (unpaired) electrons. The molecule has 1 aliphatic carbocycles. The summed E-state index contributed by atoms with van der Waals surface area (Å²) in [7, 11) is 3.06. The molecule has 0 atom stereocenters. The Labute approximate surface area is 164 Å². The molecule has 0 bridgehead atoms. The Hall–Kier alpha value is -3.02. The summed E-state index contributed by atoms with van der Waals surface area (Å²) in [5.41, 5.74) is 1.52. The third-order valence-corrected chi connectivity index (χ3v) is 4.85. The van der Waals surface area contributed by atoms with Gasteiger partial charge in [0.1, 0.15) is 6.10 Å². The number of esters is 1. The van der Waals surface area contributed by atoms with Crippen LogP contribution in [0.3, 0.4) is 0 Å². The fraction of sp³-hybridized carbons (Fsp3) is 0.364. The Morgan fingerprint density at radius 2 is 1.50 bits per heavy atom. The summed E-state index contributed by atoms with van der Waals surface area (Å²) < 4.78 is 16.0. The number of nitrogens with one attached hydrogen (secondary N) is 1. The molecule has 2 aromatic carbocycles. The van der Waals surface area contributed by atoms with Crippen LogP contribution in [0.25, 0.3) is 0 Å². The van der Waals surface area contributed by atoms with Gasteiger partial charge in [0.2, 0.25) is 0 Å². The lowest BCUT2D eigenvalue weighted by atomic mass is 9.98. The number of ether oxygens (including phenoxy) is 3. The van der Waals surface area contributed by atoms with E-state index in [2.05, 4.69) is 5.32 Å². The van der Waals surface area contributed by atoms with Crippen molar-refractivity contribution in [2.75, 3.05) is 19.5 Å². The molecule has 1 aliphatic rings. The van der Waals surface area contributed by atoms with Gasteiger partial charge in [-0.2, -0.15) is 0 Å². The number of methoxy groups -OCH3 is 2. The number of hydrogen-bond acceptors (Lipinski definition) is 5. The molecule has 6 heteroatoms. The molecule has 6 nitrogen and oxygen atoms in total. The predicted octanol–water partition coefficient (Wildman–Crippen LogP) is 4.45. The van der Waals surface area contributed by atoms with Crippen LogP contribution in [-0.2, 0) is 4.74 Å². The van der Waals surface area contributed by atoms with Crippen molar-refractivity contribution < 1.29 is 23.8 Å². The summed E-state index contributed by atoms with van der Waals surface area (Å²) in [5.74, 6) is 0.444. The van der Waals surface area contributed by atoms with Gasteiger partial charge >= 0.3 is 5.97 Å². The average molecular weight is 383 g/mol. The standard InChI is InChI=1S/C22H25NO5/c1-26-19-13-10-16(14-20(19)27-2)21(24)23-17-11-8-15(9-12-17)22(25)28-18-6-4-3-5-7-18/h8-14,18H,3-7H2,1-2H3,(H,23,24). The normalized spacial score (nSPS) is 14.2. The van der Waals surface area contributed by atoms with Gasteiger partial charge in [0, 0.05) is 11.3 Å². The first-order valence-electron chi connectivity index (χ1n) is 9.45.